The molecule has 23 heavy (non-hydrogen) atoms. The van der Waals surface area contributed by atoms with E-state index < -0.39 is 6.09 Å². The predicted molar refractivity (Wildman–Crippen MR) is 81.9 cm³/mol. The maximum absolute atomic E-state index is 11.4. The van der Waals surface area contributed by atoms with Crippen molar-refractivity contribution in [3.8, 4) is 11.5 Å². The van der Waals surface area contributed by atoms with Gasteiger partial charge in [-0.15, -0.1) is 0 Å². The minimum Gasteiger partial charge on any atom is -0.488 e. The van der Waals surface area contributed by atoms with Crippen molar-refractivity contribution in [1.29, 1.82) is 0 Å². The Labute approximate surface area is 134 Å². The molecule has 1 aromatic carbocycles. The zero-order chi connectivity index (χ0) is 16.8. The van der Waals surface area contributed by atoms with Gasteiger partial charge in [0.15, 0.2) is 0 Å². The molecule has 0 saturated carbocycles. The topological polar surface area (TPSA) is 103 Å². The van der Waals surface area contributed by atoms with Crippen molar-refractivity contribution in [3.05, 3.63) is 24.3 Å². The van der Waals surface area contributed by atoms with Crippen molar-refractivity contribution in [1.82, 2.24) is 10.3 Å². The van der Waals surface area contributed by atoms with E-state index in [0.717, 1.165) is 0 Å². The third-order valence-corrected chi connectivity index (χ3v) is 3.69. The molecule has 8 heteroatoms. The molecule has 2 unspecified atom stereocenters. The summed E-state index contributed by atoms with van der Waals surface area (Å²) >= 11 is 0. The van der Waals surface area contributed by atoms with E-state index in [9.17, 15) is 9.59 Å². The van der Waals surface area contributed by atoms with Crippen LogP contribution in [0.2, 0.25) is 0 Å². The fourth-order valence-electron chi connectivity index (χ4n) is 2.44. The largest absolute Gasteiger partial charge is 0.488 e. The van der Waals surface area contributed by atoms with Gasteiger partial charge in [0, 0.05) is 27.0 Å². The van der Waals surface area contributed by atoms with Crippen LogP contribution in [0.4, 0.5) is 4.79 Å². The average Bonchev–Trinajstić information content (AvgIpc) is 2.56. The molecule has 8 nitrogen and oxygen atoms in total. The molecule has 2 rings (SSSR count). The molecule has 1 aromatic rings. The number of nitrogens with zero attached hydrogens (tertiary/aromatic N) is 1. The van der Waals surface area contributed by atoms with E-state index in [2.05, 4.69) is 0 Å². The number of hydrogen-bond donors (Lipinski definition) is 2. The van der Waals surface area contributed by atoms with Gasteiger partial charge in [0.2, 0.25) is 5.91 Å². The Morgan fingerprint density at radius 2 is 1.87 bits per heavy atom. The second kappa shape index (κ2) is 7.80. The fraction of sp³-hybridized carbons (Fsp3) is 0.467. The minimum atomic E-state index is -0.741. The number of ether oxygens (including phenoxy) is 3. The molecule has 0 radical (unpaired) electrons. The number of nitrogens with one attached hydrogen (secondary N) is 1. The molecule has 1 aliphatic heterocycles. The highest BCUT2D eigenvalue weighted by atomic mass is 16.6. The van der Waals surface area contributed by atoms with Gasteiger partial charge < -0.3 is 19.1 Å². The molecule has 0 aliphatic carbocycles. The minimum absolute atomic E-state index is 0.0326. The molecule has 0 spiro atoms. The highest BCUT2D eigenvalue weighted by Gasteiger charge is 2.31. The lowest BCUT2D eigenvalue weighted by Gasteiger charge is -2.37. The molecule has 0 aromatic heterocycles. The lowest BCUT2D eigenvalue weighted by Crippen LogP contribution is -2.51. The van der Waals surface area contributed by atoms with Gasteiger partial charge in [0.05, 0.1) is 6.54 Å². The van der Waals surface area contributed by atoms with E-state index in [4.69, 9.17) is 20.1 Å². The summed E-state index contributed by atoms with van der Waals surface area (Å²) in [6, 6.07) is 6.61. The van der Waals surface area contributed by atoms with Crippen LogP contribution in [0.25, 0.3) is 0 Å². The number of hydrazine groups is 1. The number of methoxy groups -OCH3 is 1. The van der Waals surface area contributed by atoms with Gasteiger partial charge in [0.25, 0.3) is 0 Å². The first kappa shape index (κ1) is 17.0. The Balaban J connectivity index is 1.95. The number of carbonyl (C=O) groups is 2. The Bertz CT molecular complexity index is 549. The second-order valence-electron chi connectivity index (χ2n) is 5.19. The summed E-state index contributed by atoms with van der Waals surface area (Å²) in [5.41, 5.74) is 1.88. The first-order valence-corrected chi connectivity index (χ1v) is 7.27. The molecule has 3 N–H and O–H groups in total. The predicted octanol–water partition coefficient (Wildman–Crippen LogP) is 0.663. The molecule has 2 amide bonds. The lowest BCUT2D eigenvalue weighted by molar-refractivity contribution is -0.135. The summed E-state index contributed by atoms with van der Waals surface area (Å²) in [4.78, 5) is 24.2. The van der Waals surface area contributed by atoms with Gasteiger partial charge in [-0.05, 0) is 24.3 Å². The quantitative estimate of drug-likeness (QED) is 0.479. The van der Waals surface area contributed by atoms with Crippen molar-refractivity contribution in [3.63, 3.8) is 0 Å². The van der Waals surface area contributed by atoms with Gasteiger partial charge in [-0.1, -0.05) is 0 Å². The van der Waals surface area contributed by atoms with Crippen LogP contribution in [0.1, 0.15) is 13.3 Å². The van der Waals surface area contributed by atoms with Gasteiger partial charge in [-0.25, -0.2) is 10.6 Å². The Morgan fingerprint density at radius 1 is 1.22 bits per heavy atom. The van der Waals surface area contributed by atoms with Crippen LogP contribution in [0, 0.1) is 0 Å². The highest BCUT2D eigenvalue weighted by molar-refractivity contribution is 5.73. The van der Waals surface area contributed by atoms with Gasteiger partial charge in [-0.3, -0.25) is 10.2 Å². The molecular weight excluding hydrogens is 302 g/mol. The van der Waals surface area contributed by atoms with E-state index in [1.807, 2.05) is 5.43 Å². The first-order chi connectivity index (χ1) is 11.0. The number of nitrogens with two attached hydrogens (primary N) is 1. The standard InChI is InChI=1S/C15H21N3O5/c1-10(19)18-8-7-13(14(9-18)21-2)22-11-3-5-12(6-4-11)23-15(20)17-16/h3-6,13-14H,7-9,16H2,1-2H3,(H,17,20). The van der Waals surface area contributed by atoms with Gasteiger partial charge in [-0.2, -0.15) is 0 Å². The van der Waals surface area contributed by atoms with Crippen LogP contribution in [0.15, 0.2) is 24.3 Å². The highest BCUT2D eigenvalue weighted by Crippen LogP contribution is 2.23. The molecule has 2 atom stereocenters. The summed E-state index contributed by atoms with van der Waals surface area (Å²) < 4.78 is 16.3. The third kappa shape index (κ3) is 4.57. The number of piperidine rings is 1. The maximum atomic E-state index is 11.4. The Hall–Kier alpha value is -2.32. The van der Waals surface area contributed by atoms with Crippen molar-refractivity contribution in [2.75, 3.05) is 20.2 Å². The molecule has 1 aliphatic rings. The molecule has 126 valence electrons. The van der Waals surface area contributed by atoms with E-state index in [-0.39, 0.29) is 18.1 Å². The zero-order valence-electron chi connectivity index (χ0n) is 13.2. The second-order valence-corrected chi connectivity index (χ2v) is 5.19. The third-order valence-electron chi connectivity index (χ3n) is 3.69. The number of rotatable bonds is 4. The van der Waals surface area contributed by atoms with Crippen LogP contribution in [0.5, 0.6) is 11.5 Å². The van der Waals surface area contributed by atoms with E-state index in [0.29, 0.717) is 31.0 Å². The lowest BCUT2D eigenvalue weighted by atomic mass is 10.0. The number of amides is 2. The molecular formula is C15H21N3O5. The first-order valence-electron chi connectivity index (χ1n) is 7.27. The maximum Gasteiger partial charge on any atom is 0.426 e. The number of hydrogen-bond acceptors (Lipinski definition) is 6. The van der Waals surface area contributed by atoms with Crippen molar-refractivity contribution >= 4 is 12.0 Å². The van der Waals surface area contributed by atoms with Crippen LogP contribution in [-0.2, 0) is 9.53 Å². The summed E-state index contributed by atoms with van der Waals surface area (Å²) in [5.74, 6) is 5.97. The van der Waals surface area contributed by atoms with Crippen molar-refractivity contribution in [2.24, 2.45) is 5.84 Å². The zero-order valence-corrected chi connectivity index (χ0v) is 13.2. The number of benzene rings is 1. The summed E-state index contributed by atoms with van der Waals surface area (Å²) in [6.07, 6.45) is -0.387. The van der Waals surface area contributed by atoms with E-state index in [1.54, 1.807) is 43.2 Å². The van der Waals surface area contributed by atoms with E-state index in [1.165, 1.54) is 0 Å². The molecule has 1 heterocycles. The monoisotopic (exact) mass is 323 g/mol. The Morgan fingerprint density at radius 3 is 2.43 bits per heavy atom. The van der Waals surface area contributed by atoms with E-state index >= 15 is 0 Å². The number of likely N-dealkylation sites (tertiary alicyclic amines) is 1. The van der Waals surface area contributed by atoms with Crippen LogP contribution in [0.3, 0.4) is 0 Å². The smallest absolute Gasteiger partial charge is 0.426 e. The molecule has 1 saturated heterocycles. The molecule has 0 bridgehead atoms. The fourth-order valence-corrected chi connectivity index (χ4v) is 2.44. The summed E-state index contributed by atoms with van der Waals surface area (Å²) in [7, 11) is 1.60. The van der Waals surface area contributed by atoms with Crippen molar-refractivity contribution < 1.29 is 23.8 Å². The number of carbonyl (C=O) groups excluding carboxylic acids is 2. The van der Waals surface area contributed by atoms with Crippen molar-refractivity contribution in [2.45, 2.75) is 25.6 Å². The SMILES string of the molecule is COC1CN(C(C)=O)CCC1Oc1ccc(OC(=O)NN)cc1. The normalized spacial score (nSPS) is 20.7. The van der Waals surface area contributed by atoms with Crippen LogP contribution >= 0.6 is 0 Å². The van der Waals surface area contributed by atoms with Gasteiger partial charge in [0.1, 0.15) is 23.7 Å². The molecule has 1 fully saturated rings. The summed E-state index contributed by atoms with van der Waals surface area (Å²) in [5, 5.41) is 0. The summed E-state index contributed by atoms with van der Waals surface area (Å²) in [6.45, 7) is 2.69. The van der Waals surface area contributed by atoms with Gasteiger partial charge >= 0.3 is 6.09 Å². The van der Waals surface area contributed by atoms with Crippen LogP contribution < -0.4 is 20.7 Å². The van der Waals surface area contributed by atoms with Crippen LogP contribution in [-0.4, -0.2) is 49.3 Å². The Kier molecular flexibility index (Phi) is 5.78. The average molecular weight is 323 g/mol.